The van der Waals surface area contributed by atoms with E-state index >= 15 is 0 Å². The van der Waals surface area contributed by atoms with Gasteiger partial charge < -0.3 is 4.74 Å². The Bertz CT molecular complexity index is 113. The van der Waals surface area contributed by atoms with Crippen LogP contribution in [0.4, 0.5) is 0 Å². The predicted molar refractivity (Wildman–Crippen MR) is 58.0 cm³/mol. The second-order valence-corrected chi connectivity index (χ2v) is 3.83. The van der Waals surface area contributed by atoms with Crippen molar-refractivity contribution in [2.75, 3.05) is 26.2 Å². The van der Waals surface area contributed by atoms with E-state index in [1.54, 1.807) is 0 Å². The Hall–Kier alpha value is -0.0800. The quantitative estimate of drug-likeness (QED) is 0.658. The van der Waals surface area contributed by atoms with E-state index in [0.29, 0.717) is 6.10 Å². The average Bonchev–Trinajstić information content (AvgIpc) is 2.06. The smallest absolute Gasteiger partial charge is 0.0674 e. The number of rotatable bonds is 2. The zero-order valence-electron chi connectivity index (χ0n) is 9.84. The van der Waals surface area contributed by atoms with Crippen LogP contribution in [-0.4, -0.2) is 37.2 Å². The standard InChI is InChI=1S/C9H19NO.C2H6/c1-8(2)6-10-4-5-11-9(3)7-10;1-2/h8-9H,4-7H2,1-3H3;1-2H3. The molecule has 0 aromatic rings. The Balaban J connectivity index is 0.000000671. The molecular weight excluding hydrogens is 162 g/mol. The molecule has 0 amide bonds. The van der Waals surface area contributed by atoms with Crippen LogP contribution < -0.4 is 0 Å². The molecule has 1 fully saturated rings. The van der Waals surface area contributed by atoms with Gasteiger partial charge in [-0.25, -0.2) is 0 Å². The van der Waals surface area contributed by atoms with E-state index in [9.17, 15) is 0 Å². The van der Waals surface area contributed by atoms with Gasteiger partial charge in [0.15, 0.2) is 0 Å². The van der Waals surface area contributed by atoms with Gasteiger partial charge in [-0.2, -0.15) is 0 Å². The van der Waals surface area contributed by atoms with Gasteiger partial charge in [-0.15, -0.1) is 0 Å². The third-order valence-electron chi connectivity index (χ3n) is 1.95. The monoisotopic (exact) mass is 187 g/mol. The van der Waals surface area contributed by atoms with Gasteiger partial charge in [0, 0.05) is 19.6 Å². The fourth-order valence-corrected chi connectivity index (χ4v) is 1.57. The van der Waals surface area contributed by atoms with Crippen LogP contribution in [0.3, 0.4) is 0 Å². The van der Waals surface area contributed by atoms with Crippen molar-refractivity contribution in [2.45, 2.75) is 40.7 Å². The van der Waals surface area contributed by atoms with Crippen molar-refractivity contribution in [1.82, 2.24) is 4.90 Å². The van der Waals surface area contributed by atoms with E-state index in [1.807, 2.05) is 13.8 Å². The Morgan fingerprint density at radius 3 is 2.46 bits per heavy atom. The SMILES string of the molecule is CC.CC(C)CN1CCOC(C)C1. The summed E-state index contributed by atoms with van der Waals surface area (Å²) >= 11 is 0. The van der Waals surface area contributed by atoms with Crippen molar-refractivity contribution >= 4 is 0 Å². The molecule has 1 heterocycles. The summed E-state index contributed by atoms with van der Waals surface area (Å²) in [6, 6.07) is 0. The summed E-state index contributed by atoms with van der Waals surface area (Å²) in [4.78, 5) is 2.48. The molecular formula is C11H25NO. The minimum absolute atomic E-state index is 0.433. The van der Waals surface area contributed by atoms with Crippen molar-refractivity contribution in [2.24, 2.45) is 5.92 Å². The Labute approximate surface area is 83.3 Å². The third kappa shape index (κ3) is 6.05. The molecule has 0 spiro atoms. The minimum Gasteiger partial charge on any atom is -0.376 e. The zero-order valence-corrected chi connectivity index (χ0v) is 9.84. The molecule has 80 valence electrons. The summed E-state index contributed by atoms with van der Waals surface area (Å²) in [5.74, 6) is 0.778. The molecule has 1 rings (SSSR count). The van der Waals surface area contributed by atoms with Gasteiger partial charge in [0.05, 0.1) is 12.7 Å². The fraction of sp³-hybridized carbons (Fsp3) is 1.00. The molecule has 0 N–H and O–H groups in total. The van der Waals surface area contributed by atoms with Gasteiger partial charge in [0.1, 0.15) is 0 Å². The Kier molecular flexibility index (Phi) is 7.29. The van der Waals surface area contributed by atoms with Gasteiger partial charge in [0.2, 0.25) is 0 Å². The summed E-state index contributed by atoms with van der Waals surface area (Å²) in [6.07, 6.45) is 0.433. The molecule has 0 bridgehead atoms. The summed E-state index contributed by atoms with van der Waals surface area (Å²) in [5.41, 5.74) is 0. The zero-order chi connectivity index (χ0) is 10.3. The first kappa shape index (κ1) is 12.9. The highest BCUT2D eigenvalue weighted by atomic mass is 16.5. The van der Waals surface area contributed by atoms with E-state index in [4.69, 9.17) is 4.74 Å². The normalized spacial score (nSPS) is 24.0. The maximum Gasteiger partial charge on any atom is 0.0674 e. The first-order valence-electron chi connectivity index (χ1n) is 5.52. The molecule has 0 aromatic heterocycles. The molecule has 2 heteroatoms. The van der Waals surface area contributed by atoms with Crippen LogP contribution in [0.1, 0.15) is 34.6 Å². The summed E-state index contributed by atoms with van der Waals surface area (Å²) < 4.78 is 5.45. The van der Waals surface area contributed by atoms with Gasteiger partial charge >= 0.3 is 0 Å². The Morgan fingerprint density at radius 1 is 1.38 bits per heavy atom. The van der Waals surface area contributed by atoms with Crippen molar-refractivity contribution in [3.05, 3.63) is 0 Å². The van der Waals surface area contributed by atoms with E-state index < -0.39 is 0 Å². The van der Waals surface area contributed by atoms with Gasteiger partial charge in [-0.3, -0.25) is 4.90 Å². The van der Waals surface area contributed by atoms with E-state index in [2.05, 4.69) is 25.7 Å². The number of hydrogen-bond donors (Lipinski definition) is 0. The summed E-state index contributed by atoms with van der Waals surface area (Å²) in [7, 11) is 0. The van der Waals surface area contributed by atoms with E-state index in [1.165, 1.54) is 6.54 Å². The molecule has 1 unspecified atom stereocenters. The summed E-state index contributed by atoms with van der Waals surface area (Å²) in [6.45, 7) is 15.0. The second kappa shape index (κ2) is 7.34. The van der Waals surface area contributed by atoms with Crippen LogP contribution in [0, 0.1) is 5.92 Å². The van der Waals surface area contributed by atoms with E-state index in [-0.39, 0.29) is 0 Å². The van der Waals surface area contributed by atoms with Crippen LogP contribution in [-0.2, 0) is 4.74 Å². The maximum atomic E-state index is 5.45. The first-order valence-corrected chi connectivity index (χ1v) is 5.52. The number of ether oxygens (including phenoxy) is 1. The van der Waals surface area contributed by atoms with Gasteiger partial charge in [0.25, 0.3) is 0 Å². The van der Waals surface area contributed by atoms with E-state index in [0.717, 1.165) is 25.6 Å². The Morgan fingerprint density at radius 2 is 2.00 bits per heavy atom. The third-order valence-corrected chi connectivity index (χ3v) is 1.95. The molecule has 0 radical (unpaired) electrons. The number of nitrogens with zero attached hydrogens (tertiary/aromatic N) is 1. The lowest BCUT2D eigenvalue weighted by molar-refractivity contribution is -0.0216. The van der Waals surface area contributed by atoms with Crippen LogP contribution >= 0.6 is 0 Å². The average molecular weight is 187 g/mol. The van der Waals surface area contributed by atoms with Crippen molar-refractivity contribution in [3.63, 3.8) is 0 Å². The second-order valence-electron chi connectivity index (χ2n) is 3.83. The first-order chi connectivity index (χ1) is 6.18. The highest BCUT2D eigenvalue weighted by Gasteiger charge is 2.16. The van der Waals surface area contributed by atoms with Crippen molar-refractivity contribution in [3.8, 4) is 0 Å². The molecule has 13 heavy (non-hydrogen) atoms. The molecule has 2 nitrogen and oxygen atoms in total. The molecule has 0 aliphatic carbocycles. The molecule has 1 atom stereocenters. The van der Waals surface area contributed by atoms with Crippen LogP contribution in [0.15, 0.2) is 0 Å². The van der Waals surface area contributed by atoms with Crippen molar-refractivity contribution < 1.29 is 4.74 Å². The molecule has 0 aromatic carbocycles. The molecule has 1 aliphatic rings. The van der Waals surface area contributed by atoms with Crippen LogP contribution in [0.25, 0.3) is 0 Å². The molecule has 0 saturated carbocycles. The summed E-state index contributed by atoms with van der Waals surface area (Å²) in [5, 5.41) is 0. The van der Waals surface area contributed by atoms with Gasteiger partial charge in [-0.1, -0.05) is 27.7 Å². The fourth-order valence-electron chi connectivity index (χ4n) is 1.57. The minimum atomic E-state index is 0.433. The molecule has 1 saturated heterocycles. The topological polar surface area (TPSA) is 12.5 Å². The number of morpholine rings is 1. The van der Waals surface area contributed by atoms with Gasteiger partial charge in [-0.05, 0) is 12.8 Å². The highest BCUT2D eigenvalue weighted by molar-refractivity contribution is 4.68. The molecule has 1 aliphatic heterocycles. The highest BCUT2D eigenvalue weighted by Crippen LogP contribution is 2.06. The lowest BCUT2D eigenvalue weighted by atomic mass is 10.2. The van der Waals surface area contributed by atoms with Crippen LogP contribution in [0.2, 0.25) is 0 Å². The lowest BCUT2D eigenvalue weighted by Gasteiger charge is -2.32. The number of hydrogen-bond acceptors (Lipinski definition) is 2. The predicted octanol–water partition coefficient (Wildman–Crippen LogP) is 2.39. The van der Waals surface area contributed by atoms with Crippen LogP contribution in [0.5, 0.6) is 0 Å². The largest absolute Gasteiger partial charge is 0.376 e. The lowest BCUT2D eigenvalue weighted by Crippen LogP contribution is -2.42. The maximum absolute atomic E-state index is 5.45. The van der Waals surface area contributed by atoms with Crippen molar-refractivity contribution in [1.29, 1.82) is 0 Å².